The van der Waals surface area contributed by atoms with E-state index in [2.05, 4.69) is 0 Å². The Hall–Kier alpha value is -1.88. The van der Waals surface area contributed by atoms with Gasteiger partial charge >= 0.3 is 0 Å². The predicted octanol–water partition coefficient (Wildman–Crippen LogP) is 4.79. The zero-order valence-corrected chi connectivity index (χ0v) is 15.2. The summed E-state index contributed by atoms with van der Waals surface area (Å²) in [4.78, 5) is 25.7. The van der Waals surface area contributed by atoms with Gasteiger partial charge in [0.1, 0.15) is 11.6 Å². The molecular formula is C19H21ClFNO3. The molecule has 1 aliphatic carbocycles. The number of imide groups is 1. The lowest BCUT2D eigenvalue weighted by Crippen LogP contribution is -2.30. The summed E-state index contributed by atoms with van der Waals surface area (Å²) >= 11 is 6.12. The van der Waals surface area contributed by atoms with Crippen LogP contribution in [0, 0.1) is 5.82 Å². The molecule has 6 heteroatoms. The number of carbonyl (C=O) groups excluding carboxylic acids is 2. The van der Waals surface area contributed by atoms with Gasteiger partial charge in [-0.3, -0.25) is 9.59 Å². The Kier molecular flexibility index (Phi) is 5.13. The topological polar surface area (TPSA) is 46.6 Å². The monoisotopic (exact) mass is 365 g/mol. The third-order valence-corrected chi connectivity index (χ3v) is 5.03. The predicted molar refractivity (Wildman–Crippen MR) is 94.4 cm³/mol. The molecule has 1 saturated heterocycles. The number of carbonyl (C=O) groups is 2. The fourth-order valence-corrected chi connectivity index (χ4v) is 3.53. The van der Waals surface area contributed by atoms with Crippen molar-refractivity contribution < 1.29 is 18.7 Å². The number of rotatable bonds is 3. The molecule has 1 aromatic rings. The van der Waals surface area contributed by atoms with Gasteiger partial charge in [-0.1, -0.05) is 23.6 Å². The molecule has 3 rings (SSSR count). The molecule has 25 heavy (non-hydrogen) atoms. The summed E-state index contributed by atoms with van der Waals surface area (Å²) in [5, 5.41) is 0.147. The number of nitrogens with zero attached hydrogens (tertiary/aromatic N) is 1. The van der Waals surface area contributed by atoms with E-state index < -0.39 is 17.6 Å². The standard InChI is InChI=1S/C19H21ClFNO3/c1-11(2)13-8-18(23)22(19(13)24)16-10-17(14(20)9-15(16)21)25-12-6-4-3-5-7-12/h9-10,12H,3-8H2,1-2H3. The Morgan fingerprint density at radius 2 is 1.88 bits per heavy atom. The molecule has 2 amide bonds. The van der Waals surface area contributed by atoms with Crippen molar-refractivity contribution in [3.8, 4) is 5.75 Å². The average Bonchev–Trinajstić information content (AvgIpc) is 2.86. The van der Waals surface area contributed by atoms with Gasteiger partial charge in [0.25, 0.3) is 5.91 Å². The summed E-state index contributed by atoms with van der Waals surface area (Å²) in [5.41, 5.74) is 1.07. The summed E-state index contributed by atoms with van der Waals surface area (Å²) in [6, 6.07) is 2.48. The molecule has 1 aliphatic heterocycles. The number of hydrogen-bond acceptors (Lipinski definition) is 3. The minimum atomic E-state index is -0.710. The second kappa shape index (κ2) is 7.16. The number of anilines is 1. The molecule has 0 N–H and O–H groups in total. The van der Waals surface area contributed by atoms with E-state index in [1.54, 1.807) is 13.8 Å². The lowest BCUT2D eigenvalue weighted by atomic mass is 9.98. The molecule has 0 spiro atoms. The number of allylic oxidation sites excluding steroid dienone is 1. The van der Waals surface area contributed by atoms with Crippen LogP contribution >= 0.6 is 11.6 Å². The Labute approximate surface area is 151 Å². The van der Waals surface area contributed by atoms with Gasteiger partial charge in [-0.2, -0.15) is 0 Å². The van der Waals surface area contributed by atoms with E-state index >= 15 is 0 Å². The average molecular weight is 366 g/mol. The first-order chi connectivity index (χ1) is 11.9. The van der Waals surface area contributed by atoms with Gasteiger partial charge < -0.3 is 4.74 Å². The Balaban J connectivity index is 1.94. The van der Waals surface area contributed by atoms with Crippen LogP contribution < -0.4 is 9.64 Å². The van der Waals surface area contributed by atoms with Crippen LogP contribution in [0.3, 0.4) is 0 Å². The van der Waals surface area contributed by atoms with Crippen LogP contribution in [0.5, 0.6) is 5.75 Å². The second-order valence-electron chi connectivity index (χ2n) is 6.80. The smallest absolute Gasteiger partial charge is 0.261 e. The first-order valence-electron chi connectivity index (χ1n) is 8.58. The fourth-order valence-electron chi connectivity index (χ4n) is 3.33. The van der Waals surface area contributed by atoms with Crippen molar-refractivity contribution >= 4 is 29.1 Å². The highest BCUT2D eigenvalue weighted by atomic mass is 35.5. The molecule has 1 saturated carbocycles. The van der Waals surface area contributed by atoms with Gasteiger partial charge in [0.05, 0.1) is 23.2 Å². The zero-order chi connectivity index (χ0) is 18.1. The van der Waals surface area contributed by atoms with Crippen molar-refractivity contribution in [3.63, 3.8) is 0 Å². The molecular weight excluding hydrogens is 345 g/mol. The normalized spacial score (nSPS) is 18.9. The first-order valence-corrected chi connectivity index (χ1v) is 8.95. The highest BCUT2D eigenvalue weighted by molar-refractivity contribution is 6.32. The van der Waals surface area contributed by atoms with E-state index in [4.69, 9.17) is 16.3 Å². The van der Waals surface area contributed by atoms with Crippen molar-refractivity contribution in [2.45, 2.75) is 58.5 Å². The number of amides is 2. The summed E-state index contributed by atoms with van der Waals surface area (Å²) < 4.78 is 20.4. The summed E-state index contributed by atoms with van der Waals surface area (Å²) in [6.45, 7) is 3.53. The maximum Gasteiger partial charge on any atom is 0.261 e. The molecule has 1 heterocycles. The van der Waals surface area contributed by atoms with Crippen molar-refractivity contribution in [3.05, 3.63) is 34.1 Å². The number of ether oxygens (including phenoxy) is 1. The molecule has 0 radical (unpaired) electrons. The molecule has 0 aromatic heterocycles. The number of halogens is 2. The van der Waals surface area contributed by atoms with E-state index in [1.165, 1.54) is 12.5 Å². The van der Waals surface area contributed by atoms with Crippen LogP contribution in [-0.2, 0) is 9.59 Å². The highest BCUT2D eigenvalue weighted by Gasteiger charge is 2.37. The largest absolute Gasteiger partial charge is 0.489 e. The number of hydrogen-bond donors (Lipinski definition) is 0. The van der Waals surface area contributed by atoms with Crippen LogP contribution in [0.2, 0.25) is 5.02 Å². The van der Waals surface area contributed by atoms with Crippen LogP contribution in [0.25, 0.3) is 0 Å². The van der Waals surface area contributed by atoms with Crippen molar-refractivity contribution in [2.24, 2.45) is 0 Å². The van der Waals surface area contributed by atoms with Gasteiger partial charge in [0.2, 0.25) is 5.91 Å². The minimum Gasteiger partial charge on any atom is -0.489 e. The number of benzene rings is 1. The summed E-state index contributed by atoms with van der Waals surface area (Å²) in [5.74, 6) is -1.31. The third kappa shape index (κ3) is 3.56. The van der Waals surface area contributed by atoms with Crippen molar-refractivity contribution in [1.82, 2.24) is 0 Å². The third-order valence-electron chi connectivity index (χ3n) is 4.73. The summed E-state index contributed by atoms with van der Waals surface area (Å²) in [7, 11) is 0. The molecule has 0 atom stereocenters. The molecule has 2 aliphatic rings. The molecule has 0 unspecified atom stereocenters. The van der Waals surface area contributed by atoms with E-state index in [1.807, 2.05) is 0 Å². The van der Waals surface area contributed by atoms with E-state index in [-0.39, 0.29) is 23.2 Å². The molecule has 1 aromatic carbocycles. The van der Waals surface area contributed by atoms with Crippen LogP contribution in [-0.4, -0.2) is 17.9 Å². The zero-order valence-electron chi connectivity index (χ0n) is 14.4. The molecule has 4 nitrogen and oxygen atoms in total. The SMILES string of the molecule is CC(C)=C1CC(=O)N(c2cc(OC3CCCCC3)c(Cl)cc2F)C1=O. The van der Waals surface area contributed by atoms with Crippen LogP contribution in [0.1, 0.15) is 52.4 Å². The Morgan fingerprint density at radius 1 is 1.20 bits per heavy atom. The Morgan fingerprint density at radius 3 is 2.48 bits per heavy atom. The lowest BCUT2D eigenvalue weighted by molar-refractivity contribution is -0.120. The van der Waals surface area contributed by atoms with Gasteiger partial charge in [0, 0.05) is 11.6 Å². The van der Waals surface area contributed by atoms with Gasteiger partial charge in [-0.25, -0.2) is 9.29 Å². The van der Waals surface area contributed by atoms with Gasteiger partial charge in [-0.15, -0.1) is 0 Å². The lowest BCUT2D eigenvalue weighted by Gasteiger charge is -2.24. The highest BCUT2D eigenvalue weighted by Crippen LogP contribution is 2.37. The fraction of sp³-hybridized carbons (Fsp3) is 0.474. The Bertz CT molecular complexity index is 749. The van der Waals surface area contributed by atoms with E-state index in [0.717, 1.165) is 42.2 Å². The van der Waals surface area contributed by atoms with Crippen LogP contribution in [0.4, 0.5) is 10.1 Å². The molecule has 2 fully saturated rings. The van der Waals surface area contributed by atoms with E-state index in [9.17, 15) is 14.0 Å². The summed E-state index contributed by atoms with van der Waals surface area (Å²) in [6.07, 6.45) is 5.22. The molecule has 0 bridgehead atoms. The maximum absolute atomic E-state index is 14.4. The first kappa shape index (κ1) is 17.9. The van der Waals surface area contributed by atoms with Crippen LogP contribution in [0.15, 0.2) is 23.3 Å². The van der Waals surface area contributed by atoms with Gasteiger partial charge in [0.15, 0.2) is 0 Å². The van der Waals surface area contributed by atoms with Crippen molar-refractivity contribution in [2.75, 3.05) is 4.90 Å². The molecule has 134 valence electrons. The second-order valence-corrected chi connectivity index (χ2v) is 7.21. The van der Waals surface area contributed by atoms with E-state index in [0.29, 0.717) is 11.3 Å². The van der Waals surface area contributed by atoms with Gasteiger partial charge in [-0.05, 0) is 45.6 Å². The quantitative estimate of drug-likeness (QED) is 0.571. The minimum absolute atomic E-state index is 0.0119. The maximum atomic E-state index is 14.4. The van der Waals surface area contributed by atoms with Crippen molar-refractivity contribution in [1.29, 1.82) is 0 Å².